The lowest BCUT2D eigenvalue weighted by Crippen LogP contribution is -2.10. The quantitative estimate of drug-likeness (QED) is 0.358. The molecule has 1 nitrogen and oxygen atoms in total. The van der Waals surface area contributed by atoms with Gasteiger partial charge in [0.15, 0.2) is 0 Å². The molecular formula is C23H21NS. The van der Waals surface area contributed by atoms with Crippen molar-refractivity contribution in [3.63, 3.8) is 0 Å². The number of aromatic nitrogens is 1. The predicted octanol–water partition coefficient (Wildman–Crippen LogP) is 7.12. The van der Waals surface area contributed by atoms with Crippen molar-refractivity contribution in [2.45, 2.75) is 38.5 Å². The minimum absolute atomic E-state index is 0.649. The molecule has 124 valence electrons. The molecule has 2 aromatic heterocycles. The Hall–Kier alpha value is -2.19. The van der Waals surface area contributed by atoms with E-state index in [0.717, 1.165) is 5.69 Å². The molecule has 2 heteroatoms. The number of hydrogen-bond acceptors (Lipinski definition) is 2. The van der Waals surface area contributed by atoms with Crippen molar-refractivity contribution in [2.75, 3.05) is 0 Å². The fraction of sp³-hybridized carbons (Fsp3) is 0.261. The van der Waals surface area contributed by atoms with E-state index in [0.29, 0.717) is 11.8 Å². The highest BCUT2D eigenvalue weighted by atomic mass is 32.1. The third kappa shape index (κ3) is 2.24. The van der Waals surface area contributed by atoms with Gasteiger partial charge in [0.05, 0.1) is 10.4 Å². The third-order valence-electron chi connectivity index (χ3n) is 5.73. The Kier molecular flexibility index (Phi) is 3.42. The summed E-state index contributed by atoms with van der Waals surface area (Å²) in [5.74, 6) is 1.32. The van der Waals surface area contributed by atoms with E-state index in [9.17, 15) is 0 Å². The lowest BCUT2D eigenvalue weighted by Gasteiger charge is -2.28. The van der Waals surface area contributed by atoms with Crippen LogP contribution in [0.4, 0.5) is 0 Å². The third-order valence-corrected chi connectivity index (χ3v) is 6.99. The van der Waals surface area contributed by atoms with Crippen molar-refractivity contribution >= 4 is 31.5 Å². The Morgan fingerprint density at radius 2 is 1.60 bits per heavy atom. The van der Waals surface area contributed by atoms with Crippen molar-refractivity contribution in [3.05, 3.63) is 65.9 Å². The van der Waals surface area contributed by atoms with Gasteiger partial charge in [0, 0.05) is 27.2 Å². The highest BCUT2D eigenvalue weighted by molar-refractivity contribution is 7.26. The fourth-order valence-corrected chi connectivity index (χ4v) is 5.82. The van der Waals surface area contributed by atoms with E-state index in [4.69, 9.17) is 4.98 Å². The van der Waals surface area contributed by atoms with Crippen LogP contribution in [0.15, 0.2) is 54.7 Å². The van der Waals surface area contributed by atoms with Gasteiger partial charge in [-0.2, -0.15) is 0 Å². The fourth-order valence-electron chi connectivity index (χ4n) is 4.34. The maximum Gasteiger partial charge on any atom is 0.0880 e. The van der Waals surface area contributed by atoms with Crippen LogP contribution in [0.5, 0.6) is 0 Å². The van der Waals surface area contributed by atoms with Gasteiger partial charge in [-0.3, -0.25) is 4.98 Å². The zero-order chi connectivity index (χ0) is 17.0. The molecule has 2 unspecified atom stereocenters. The zero-order valence-electron chi connectivity index (χ0n) is 14.6. The van der Waals surface area contributed by atoms with Gasteiger partial charge in [0.1, 0.15) is 0 Å². The van der Waals surface area contributed by atoms with E-state index in [2.05, 4.69) is 62.4 Å². The first-order valence-electron chi connectivity index (χ1n) is 9.13. The molecule has 2 atom stereocenters. The van der Waals surface area contributed by atoms with Gasteiger partial charge in [0.2, 0.25) is 0 Å². The number of hydrogen-bond donors (Lipinski definition) is 0. The first-order chi connectivity index (χ1) is 12.2. The minimum atomic E-state index is 0.649. The lowest BCUT2D eigenvalue weighted by atomic mass is 9.78. The van der Waals surface area contributed by atoms with E-state index in [1.165, 1.54) is 38.6 Å². The topological polar surface area (TPSA) is 12.9 Å². The number of thiophene rings is 1. The molecule has 25 heavy (non-hydrogen) atoms. The second kappa shape index (κ2) is 5.67. The smallest absolute Gasteiger partial charge is 0.0880 e. The van der Waals surface area contributed by atoms with Crippen LogP contribution in [0.2, 0.25) is 0 Å². The molecule has 2 heterocycles. The van der Waals surface area contributed by atoms with Crippen LogP contribution in [0.25, 0.3) is 31.4 Å². The van der Waals surface area contributed by atoms with E-state index >= 15 is 0 Å². The van der Waals surface area contributed by atoms with Gasteiger partial charge in [-0.25, -0.2) is 0 Å². The van der Waals surface area contributed by atoms with Crippen molar-refractivity contribution in [1.82, 2.24) is 4.98 Å². The van der Waals surface area contributed by atoms with Crippen molar-refractivity contribution in [1.29, 1.82) is 0 Å². The Bertz CT molecular complexity index is 1080. The molecular weight excluding hydrogens is 322 g/mol. The predicted molar refractivity (Wildman–Crippen MR) is 109 cm³/mol. The molecule has 4 aromatic rings. The zero-order valence-corrected chi connectivity index (χ0v) is 15.4. The summed E-state index contributed by atoms with van der Waals surface area (Å²) >= 11 is 1.94. The Morgan fingerprint density at radius 1 is 0.840 bits per heavy atom. The monoisotopic (exact) mass is 343 g/mol. The molecule has 0 aliphatic heterocycles. The van der Waals surface area contributed by atoms with Gasteiger partial charge < -0.3 is 0 Å². The maximum atomic E-state index is 4.73. The van der Waals surface area contributed by atoms with Gasteiger partial charge in [0.25, 0.3) is 0 Å². The summed E-state index contributed by atoms with van der Waals surface area (Å²) in [7, 11) is 0. The molecule has 0 saturated heterocycles. The first-order valence-corrected chi connectivity index (χ1v) is 9.95. The molecule has 1 aliphatic carbocycles. The van der Waals surface area contributed by atoms with Crippen molar-refractivity contribution in [3.8, 4) is 11.3 Å². The summed E-state index contributed by atoms with van der Waals surface area (Å²) in [5.41, 5.74) is 5.47. The Morgan fingerprint density at radius 3 is 2.44 bits per heavy atom. The molecule has 0 N–H and O–H groups in total. The molecule has 1 aliphatic rings. The number of nitrogens with zero attached hydrogens (tertiary/aromatic N) is 1. The Labute approximate surface area is 152 Å². The lowest BCUT2D eigenvalue weighted by molar-refractivity contribution is 0.531. The van der Waals surface area contributed by atoms with Crippen LogP contribution in [0, 0.1) is 0 Å². The molecule has 0 fully saturated rings. The summed E-state index contributed by atoms with van der Waals surface area (Å²) in [5, 5.41) is 2.75. The highest BCUT2D eigenvalue weighted by Gasteiger charge is 2.25. The van der Waals surface area contributed by atoms with E-state index < -0.39 is 0 Å². The number of benzene rings is 2. The van der Waals surface area contributed by atoms with Gasteiger partial charge in [-0.1, -0.05) is 56.3 Å². The Balaban J connectivity index is 1.86. The SMILES string of the molecule is CC1CCC(C)c2c1ccc1c2sc2c(-c3ccccc3)nccc21. The van der Waals surface area contributed by atoms with Gasteiger partial charge >= 0.3 is 0 Å². The standard InChI is InChI=1S/C23H21NS/c1-14-8-9-15(2)20-17(14)10-11-18-19-12-13-24-21(23(19)25-22(18)20)16-6-4-3-5-7-16/h3-7,10-15H,8-9H2,1-2H3. The van der Waals surface area contributed by atoms with Gasteiger partial charge in [-0.15, -0.1) is 11.3 Å². The molecule has 0 bridgehead atoms. The van der Waals surface area contributed by atoms with E-state index in [-0.39, 0.29) is 0 Å². The minimum Gasteiger partial charge on any atom is -0.255 e. The number of pyridine rings is 1. The van der Waals surface area contributed by atoms with Crippen LogP contribution >= 0.6 is 11.3 Å². The summed E-state index contributed by atoms with van der Waals surface area (Å²) in [4.78, 5) is 4.73. The highest BCUT2D eigenvalue weighted by Crippen LogP contribution is 2.47. The average molecular weight is 343 g/mol. The second-order valence-electron chi connectivity index (χ2n) is 7.33. The summed E-state index contributed by atoms with van der Waals surface area (Å²) < 4.78 is 2.80. The number of rotatable bonds is 1. The first kappa shape index (κ1) is 15.1. The second-order valence-corrected chi connectivity index (χ2v) is 8.35. The van der Waals surface area contributed by atoms with Crippen LogP contribution in [-0.4, -0.2) is 4.98 Å². The van der Waals surface area contributed by atoms with Crippen LogP contribution < -0.4 is 0 Å². The normalized spacial score (nSPS) is 20.1. The molecule has 0 amide bonds. The largest absolute Gasteiger partial charge is 0.255 e. The van der Waals surface area contributed by atoms with Crippen molar-refractivity contribution < 1.29 is 0 Å². The molecule has 2 aromatic carbocycles. The van der Waals surface area contributed by atoms with Crippen LogP contribution in [0.1, 0.15) is 49.7 Å². The summed E-state index contributed by atoms with van der Waals surface area (Å²) in [6.45, 7) is 4.77. The average Bonchev–Trinajstić information content (AvgIpc) is 3.04. The molecule has 5 rings (SSSR count). The maximum absolute atomic E-state index is 4.73. The molecule has 0 radical (unpaired) electrons. The summed E-state index contributed by atoms with van der Waals surface area (Å²) in [6.07, 6.45) is 4.56. The molecule has 0 saturated carbocycles. The summed E-state index contributed by atoms with van der Waals surface area (Å²) in [6, 6.07) is 17.5. The number of fused-ring (bicyclic) bond motifs is 5. The van der Waals surface area contributed by atoms with Gasteiger partial charge in [-0.05, 0) is 41.9 Å². The molecule has 0 spiro atoms. The van der Waals surface area contributed by atoms with Crippen molar-refractivity contribution in [2.24, 2.45) is 0 Å². The van der Waals surface area contributed by atoms with E-state index in [1.807, 2.05) is 17.5 Å². The van der Waals surface area contributed by atoms with E-state index in [1.54, 1.807) is 11.1 Å². The van der Waals surface area contributed by atoms with Crippen LogP contribution in [-0.2, 0) is 0 Å². The van der Waals surface area contributed by atoms with Crippen LogP contribution in [0.3, 0.4) is 0 Å².